The van der Waals surface area contributed by atoms with Gasteiger partial charge in [-0.3, -0.25) is 4.79 Å². The van der Waals surface area contributed by atoms with Crippen molar-refractivity contribution in [3.8, 4) is 0 Å². The van der Waals surface area contributed by atoms with Crippen molar-refractivity contribution in [2.24, 2.45) is 0 Å². The van der Waals surface area contributed by atoms with Crippen LogP contribution >= 0.6 is 0 Å². The summed E-state index contributed by atoms with van der Waals surface area (Å²) in [6.45, 7) is 0.774. The lowest BCUT2D eigenvalue weighted by molar-refractivity contribution is -0.117. The van der Waals surface area contributed by atoms with Gasteiger partial charge in [0.25, 0.3) is 5.91 Å². The maximum Gasteiger partial charge on any atom is 0.251 e. The van der Waals surface area contributed by atoms with Gasteiger partial charge in [0.05, 0.1) is 6.04 Å². The van der Waals surface area contributed by atoms with Gasteiger partial charge in [-0.25, -0.2) is 0 Å². The van der Waals surface area contributed by atoms with E-state index in [0.717, 1.165) is 18.4 Å². The first-order chi connectivity index (χ1) is 8.81. The van der Waals surface area contributed by atoms with E-state index in [1.54, 1.807) is 0 Å². The molecule has 1 atom stereocenters. The van der Waals surface area contributed by atoms with E-state index >= 15 is 0 Å². The maximum atomic E-state index is 11.9. The minimum atomic E-state index is -0.0573. The summed E-state index contributed by atoms with van der Waals surface area (Å²) in [5, 5.41) is 14.7. The summed E-state index contributed by atoms with van der Waals surface area (Å²) in [5.41, 5.74) is 1.78. The van der Waals surface area contributed by atoms with Crippen LogP contribution in [0, 0.1) is 0 Å². The second kappa shape index (κ2) is 6.21. The Hall–Kier alpha value is -1.81. The summed E-state index contributed by atoms with van der Waals surface area (Å²) in [6, 6.07) is 0.181. The third-order valence-corrected chi connectivity index (χ3v) is 2.94. The van der Waals surface area contributed by atoms with E-state index in [9.17, 15) is 4.79 Å². The molecule has 0 saturated carbocycles. The molecular formula is C14H18N2O2. The average Bonchev–Trinajstić information content (AvgIpc) is 2.43. The monoisotopic (exact) mass is 246 g/mol. The van der Waals surface area contributed by atoms with Crippen LogP contribution in [0.4, 0.5) is 0 Å². The first-order valence-electron chi connectivity index (χ1n) is 6.23. The summed E-state index contributed by atoms with van der Waals surface area (Å²) in [5.74, 6) is -0.0573. The van der Waals surface area contributed by atoms with Crippen molar-refractivity contribution < 1.29 is 9.90 Å². The van der Waals surface area contributed by atoms with E-state index in [4.69, 9.17) is 5.11 Å². The van der Waals surface area contributed by atoms with Crippen LogP contribution in [0.2, 0.25) is 0 Å². The number of aliphatic hydroxyl groups is 1. The Balaban J connectivity index is 1.91. The summed E-state index contributed by atoms with van der Waals surface area (Å²) in [7, 11) is 0. The predicted molar refractivity (Wildman–Crippen MR) is 70.7 cm³/mol. The number of allylic oxidation sites excluding steroid dienone is 2. The lowest BCUT2D eigenvalue weighted by atomic mass is 9.95. The minimum Gasteiger partial charge on any atom is -0.396 e. The predicted octanol–water partition coefficient (Wildman–Crippen LogP) is 0.783. The van der Waals surface area contributed by atoms with Crippen molar-refractivity contribution in [3.63, 3.8) is 0 Å². The van der Waals surface area contributed by atoms with Crippen LogP contribution in [0.25, 0.3) is 0 Å². The Morgan fingerprint density at radius 3 is 3.17 bits per heavy atom. The van der Waals surface area contributed by atoms with Crippen LogP contribution in [-0.4, -0.2) is 30.2 Å². The lowest BCUT2D eigenvalue weighted by Crippen LogP contribution is -2.31. The normalized spacial score (nSPS) is 20.6. The van der Waals surface area contributed by atoms with Gasteiger partial charge < -0.3 is 15.7 Å². The number of hydrogen-bond acceptors (Lipinski definition) is 3. The average molecular weight is 246 g/mol. The molecule has 1 heterocycles. The summed E-state index contributed by atoms with van der Waals surface area (Å²) in [6.07, 6.45) is 13.1. The van der Waals surface area contributed by atoms with E-state index in [-0.39, 0.29) is 18.6 Å². The van der Waals surface area contributed by atoms with E-state index in [0.29, 0.717) is 12.1 Å². The molecule has 0 bridgehead atoms. The number of amides is 1. The number of carbonyl (C=O) groups excluding carboxylic acids is 1. The topological polar surface area (TPSA) is 61.4 Å². The van der Waals surface area contributed by atoms with Crippen molar-refractivity contribution in [2.75, 3.05) is 13.2 Å². The minimum absolute atomic E-state index is 0.0573. The van der Waals surface area contributed by atoms with Gasteiger partial charge in [0.15, 0.2) is 0 Å². The van der Waals surface area contributed by atoms with Gasteiger partial charge in [0.1, 0.15) is 0 Å². The standard InChI is InChI=1S/C14H18N2O2/c17-9-2-1-7-16-14(18)12-5-6-13-11(10-12)4-3-8-15-13/h3-6,8,10,13,15,17H,1-2,7,9H2,(H,16,18). The number of rotatable bonds is 5. The van der Waals surface area contributed by atoms with Crippen LogP contribution in [0.5, 0.6) is 0 Å². The highest BCUT2D eigenvalue weighted by atomic mass is 16.2. The maximum absolute atomic E-state index is 11.9. The first-order valence-corrected chi connectivity index (χ1v) is 6.23. The van der Waals surface area contributed by atoms with Gasteiger partial charge in [-0.05, 0) is 36.8 Å². The number of dihydropyridines is 1. The summed E-state index contributed by atoms with van der Waals surface area (Å²) in [4.78, 5) is 11.9. The molecule has 2 aliphatic rings. The first kappa shape index (κ1) is 12.6. The molecule has 1 aliphatic heterocycles. The molecular weight excluding hydrogens is 228 g/mol. The highest BCUT2D eigenvalue weighted by Gasteiger charge is 2.17. The fourth-order valence-electron chi connectivity index (χ4n) is 1.93. The fraction of sp³-hybridized carbons (Fsp3) is 0.357. The largest absolute Gasteiger partial charge is 0.396 e. The zero-order valence-electron chi connectivity index (χ0n) is 10.2. The van der Waals surface area contributed by atoms with Gasteiger partial charge in [-0.15, -0.1) is 0 Å². The highest BCUT2D eigenvalue weighted by Crippen LogP contribution is 2.19. The van der Waals surface area contributed by atoms with Crippen molar-refractivity contribution in [3.05, 3.63) is 47.7 Å². The van der Waals surface area contributed by atoms with Crippen molar-refractivity contribution in [2.45, 2.75) is 18.9 Å². The molecule has 18 heavy (non-hydrogen) atoms. The Labute approximate surface area is 107 Å². The van der Waals surface area contributed by atoms with Gasteiger partial charge in [-0.1, -0.05) is 18.2 Å². The third kappa shape index (κ3) is 3.11. The molecule has 1 aliphatic carbocycles. The zero-order valence-corrected chi connectivity index (χ0v) is 10.2. The molecule has 1 amide bonds. The number of aliphatic hydroxyl groups excluding tert-OH is 1. The fourth-order valence-corrected chi connectivity index (χ4v) is 1.93. The molecule has 2 rings (SSSR count). The smallest absolute Gasteiger partial charge is 0.251 e. The number of carbonyl (C=O) groups is 1. The third-order valence-electron chi connectivity index (χ3n) is 2.94. The molecule has 3 N–H and O–H groups in total. The van der Waals surface area contributed by atoms with Crippen LogP contribution in [0.3, 0.4) is 0 Å². The van der Waals surface area contributed by atoms with Crippen LogP contribution in [-0.2, 0) is 4.79 Å². The molecule has 4 heteroatoms. The SMILES string of the molecule is O=C(NCCCCO)C1=CC2=CC=CNC2C=C1. The number of hydrogen-bond donors (Lipinski definition) is 3. The van der Waals surface area contributed by atoms with Gasteiger partial charge in [-0.2, -0.15) is 0 Å². The zero-order chi connectivity index (χ0) is 12.8. The Kier molecular flexibility index (Phi) is 4.36. The molecule has 0 spiro atoms. The van der Waals surface area contributed by atoms with E-state index in [1.807, 2.05) is 36.6 Å². The van der Waals surface area contributed by atoms with E-state index in [1.165, 1.54) is 0 Å². The van der Waals surface area contributed by atoms with Crippen LogP contribution < -0.4 is 10.6 Å². The summed E-state index contributed by atoms with van der Waals surface area (Å²) < 4.78 is 0. The number of nitrogens with one attached hydrogen (secondary N) is 2. The van der Waals surface area contributed by atoms with Crippen LogP contribution in [0.1, 0.15) is 12.8 Å². The quantitative estimate of drug-likeness (QED) is 0.628. The molecule has 0 aromatic rings. The van der Waals surface area contributed by atoms with Gasteiger partial charge in [0.2, 0.25) is 0 Å². The number of fused-ring (bicyclic) bond motifs is 1. The number of unbranched alkanes of at least 4 members (excludes halogenated alkanes) is 1. The highest BCUT2D eigenvalue weighted by molar-refractivity contribution is 5.97. The van der Waals surface area contributed by atoms with Gasteiger partial charge >= 0.3 is 0 Å². The second-order valence-electron chi connectivity index (χ2n) is 4.32. The molecule has 0 saturated heterocycles. The van der Waals surface area contributed by atoms with Gasteiger partial charge in [0, 0.05) is 18.7 Å². The van der Waals surface area contributed by atoms with E-state index in [2.05, 4.69) is 10.6 Å². The molecule has 4 nitrogen and oxygen atoms in total. The molecule has 96 valence electrons. The molecule has 1 unspecified atom stereocenters. The molecule has 0 aromatic heterocycles. The van der Waals surface area contributed by atoms with Crippen molar-refractivity contribution in [1.29, 1.82) is 0 Å². The van der Waals surface area contributed by atoms with Crippen molar-refractivity contribution in [1.82, 2.24) is 10.6 Å². The van der Waals surface area contributed by atoms with Crippen LogP contribution in [0.15, 0.2) is 47.7 Å². The second-order valence-corrected chi connectivity index (χ2v) is 4.32. The molecule has 0 aromatic carbocycles. The summed E-state index contributed by atoms with van der Waals surface area (Å²) >= 11 is 0. The molecule has 0 fully saturated rings. The Morgan fingerprint density at radius 2 is 2.33 bits per heavy atom. The van der Waals surface area contributed by atoms with Crippen molar-refractivity contribution >= 4 is 5.91 Å². The Bertz CT molecular complexity index is 433. The lowest BCUT2D eigenvalue weighted by Gasteiger charge is -2.22. The molecule has 0 radical (unpaired) electrons. The van der Waals surface area contributed by atoms with E-state index < -0.39 is 0 Å². The Morgan fingerprint density at radius 1 is 1.44 bits per heavy atom.